The summed E-state index contributed by atoms with van der Waals surface area (Å²) in [5.74, 6) is -0.906. The summed E-state index contributed by atoms with van der Waals surface area (Å²) in [4.78, 5) is 54.2. The van der Waals surface area contributed by atoms with Crippen LogP contribution in [0.25, 0.3) is 0 Å². The number of carbonyl (C=O) groups is 4. The molecule has 2 aromatic rings. The highest BCUT2D eigenvalue weighted by Crippen LogP contribution is 2.23. The van der Waals surface area contributed by atoms with Crippen molar-refractivity contribution in [3.05, 3.63) is 71.3 Å². The van der Waals surface area contributed by atoms with Gasteiger partial charge in [-0.1, -0.05) is 55.3 Å². The molecule has 4 amide bonds. The molecule has 2 aliphatic rings. The molecule has 1 atom stereocenters. The van der Waals surface area contributed by atoms with E-state index in [1.165, 1.54) is 4.90 Å². The van der Waals surface area contributed by atoms with E-state index < -0.39 is 6.04 Å². The SMILES string of the molecule is C[C@H](C(=O)NC1CCCC1)N(CCc1ccccc1)C(=O)CCCN1C(=O)c2ccccc2C1=O. The van der Waals surface area contributed by atoms with Crippen LogP contribution in [-0.4, -0.2) is 58.6 Å². The monoisotopic (exact) mass is 475 g/mol. The van der Waals surface area contributed by atoms with Gasteiger partial charge in [0, 0.05) is 25.6 Å². The Kier molecular flexibility index (Phi) is 7.95. The molecule has 1 N–H and O–H groups in total. The summed E-state index contributed by atoms with van der Waals surface area (Å²) in [5, 5.41) is 3.10. The Labute approximate surface area is 206 Å². The second-order valence-electron chi connectivity index (χ2n) is 9.40. The second-order valence-corrected chi connectivity index (χ2v) is 9.40. The Hall–Kier alpha value is -3.48. The molecule has 184 valence electrons. The van der Waals surface area contributed by atoms with Gasteiger partial charge in [-0.3, -0.25) is 24.1 Å². The van der Waals surface area contributed by atoms with Crippen LogP contribution in [0.1, 0.15) is 71.7 Å². The number of carbonyl (C=O) groups excluding carboxylic acids is 4. The fourth-order valence-electron chi connectivity index (χ4n) is 4.94. The van der Waals surface area contributed by atoms with Gasteiger partial charge in [0.05, 0.1) is 11.1 Å². The fraction of sp³-hybridized carbons (Fsp3) is 0.429. The molecule has 1 heterocycles. The Morgan fingerprint density at radius 2 is 1.57 bits per heavy atom. The van der Waals surface area contributed by atoms with Crippen molar-refractivity contribution in [1.82, 2.24) is 15.1 Å². The molecule has 1 aliphatic heterocycles. The minimum atomic E-state index is -0.592. The largest absolute Gasteiger partial charge is 0.352 e. The lowest BCUT2D eigenvalue weighted by atomic mass is 10.1. The lowest BCUT2D eigenvalue weighted by Crippen LogP contribution is -2.50. The van der Waals surface area contributed by atoms with E-state index in [2.05, 4.69) is 5.32 Å². The Bertz CT molecular complexity index is 1040. The molecular weight excluding hydrogens is 442 g/mol. The predicted molar refractivity (Wildman–Crippen MR) is 133 cm³/mol. The molecule has 0 radical (unpaired) electrons. The molecule has 0 saturated heterocycles. The van der Waals surface area contributed by atoms with Gasteiger partial charge in [-0.2, -0.15) is 0 Å². The van der Waals surface area contributed by atoms with Crippen molar-refractivity contribution in [3.63, 3.8) is 0 Å². The van der Waals surface area contributed by atoms with Crippen LogP contribution >= 0.6 is 0 Å². The predicted octanol–water partition coefficient (Wildman–Crippen LogP) is 3.58. The van der Waals surface area contributed by atoms with Crippen molar-refractivity contribution in [2.75, 3.05) is 13.1 Å². The van der Waals surface area contributed by atoms with E-state index in [4.69, 9.17) is 0 Å². The highest BCUT2D eigenvalue weighted by molar-refractivity contribution is 6.21. The maximum Gasteiger partial charge on any atom is 0.261 e. The summed E-state index contributed by atoms with van der Waals surface area (Å²) in [6.07, 6.45) is 5.35. The first-order chi connectivity index (χ1) is 17.0. The zero-order valence-corrected chi connectivity index (χ0v) is 20.2. The number of rotatable bonds is 10. The molecule has 1 saturated carbocycles. The molecule has 2 aromatic carbocycles. The van der Waals surface area contributed by atoms with E-state index >= 15 is 0 Å². The van der Waals surface area contributed by atoms with Crippen LogP contribution in [0.5, 0.6) is 0 Å². The molecule has 35 heavy (non-hydrogen) atoms. The average molecular weight is 476 g/mol. The van der Waals surface area contributed by atoms with Crippen molar-refractivity contribution in [2.45, 2.75) is 64.0 Å². The first-order valence-corrected chi connectivity index (χ1v) is 12.5. The van der Waals surface area contributed by atoms with Crippen molar-refractivity contribution < 1.29 is 19.2 Å². The molecule has 1 aliphatic carbocycles. The number of amides is 4. The van der Waals surface area contributed by atoms with Crippen LogP contribution in [0.3, 0.4) is 0 Å². The van der Waals surface area contributed by atoms with E-state index in [0.29, 0.717) is 30.5 Å². The normalized spacial score (nSPS) is 16.3. The fourth-order valence-corrected chi connectivity index (χ4v) is 4.94. The minimum absolute atomic E-state index is 0.126. The van der Waals surface area contributed by atoms with Crippen LogP contribution in [0, 0.1) is 0 Å². The molecule has 0 unspecified atom stereocenters. The number of hydrogen-bond donors (Lipinski definition) is 1. The number of nitrogens with zero attached hydrogens (tertiary/aromatic N) is 2. The van der Waals surface area contributed by atoms with E-state index in [1.54, 1.807) is 36.1 Å². The molecule has 7 nitrogen and oxygen atoms in total. The number of hydrogen-bond acceptors (Lipinski definition) is 4. The van der Waals surface area contributed by atoms with Crippen LogP contribution in [0.2, 0.25) is 0 Å². The number of fused-ring (bicyclic) bond motifs is 1. The molecule has 1 fully saturated rings. The molecule has 4 rings (SSSR count). The summed E-state index contributed by atoms with van der Waals surface area (Å²) < 4.78 is 0. The molecule has 0 aromatic heterocycles. The number of nitrogens with one attached hydrogen (secondary N) is 1. The summed E-state index contributed by atoms with van der Waals surface area (Å²) in [5.41, 5.74) is 1.91. The van der Waals surface area contributed by atoms with Gasteiger partial charge in [0.25, 0.3) is 11.8 Å². The quantitative estimate of drug-likeness (QED) is 0.532. The highest BCUT2D eigenvalue weighted by atomic mass is 16.2. The van der Waals surface area contributed by atoms with Gasteiger partial charge >= 0.3 is 0 Å². The lowest BCUT2D eigenvalue weighted by molar-refractivity contribution is -0.140. The summed E-state index contributed by atoms with van der Waals surface area (Å²) >= 11 is 0. The second kappa shape index (κ2) is 11.3. The molecule has 0 bridgehead atoms. The van der Waals surface area contributed by atoms with Gasteiger partial charge in [0.15, 0.2) is 0 Å². The maximum atomic E-state index is 13.3. The van der Waals surface area contributed by atoms with E-state index in [0.717, 1.165) is 31.2 Å². The first-order valence-electron chi connectivity index (χ1n) is 12.5. The van der Waals surface area contributed by atoms with E-state index in [-0.39, 0.29) is 42.6 Å². The van der Waals surface area contributed by atoms with Gasteiger partial charge in [0.1, 0.15) is 6.04 Å². The van der Waals surface area contributed by atoms with Crippen molar-refractivity contribution in [3.8, 4) is 0 Å². The minimum Gasteiger partial charge on any atom is -0.352 e. The first kappa shape index (κ1) is 24.6. The highest BCUT2D eigenvalue weighted by Gasteiger charge is 2.35. The van der Waals surface area contributed by atoms with Crippen LogP contribution < -0.4 is 5.32 Å². The van der Waals surface area contributed by atoms with E-state index in [1.807, 2.05) is 30.3 Å². The third kappa shape index (κ3) is 5.78. The third-order valence-electron chi connectivity index (χ3n) is 7.00. The topological polar surface area (TPSA) is 86.8 Å². The summed E-state index contributed by atoms with van der Waals surface area (Å²) in [6, 6.07) is 16.2. The Morgan fingerprint density at radius 3 is 2.20 bits per heavy atom. The Morgan fingerprint density at radius 1 is 0.971 bits per heavy atom. The van der Waals surface area contributed by atoms with Crippen molar-refractivity contribution >= 4 is 23.6 Å². The van der Waals surface area contributed by atoms with Crippen LogP contribution in [-0.2, 0) is 16.0 Å². The number of imide groups is 1. The lowest BCUT2D eigenvalue weighted by Gasteiger charge is -2.30. The van der Waals surface area contributed by atoms with Crippen molar-refractivity contribution in [1.29, 1.82) is 0 Å². The molecule has 7 heteroatoms. The molecule has 0 spiro atoms. The molecular formula is C28H33N3O4. The van der Waals surface area contributed by atoms with Crippen LogP contribution in [0.4, 0.5) is 0 Å². The van der Waals surface area contributed by atoms with E-state index in [9.17, 15) is 19.2 Å². The van der Waals surface area contributed by atoms with Gasteiger partial charge < -0.3 is 10.2 Å². The summed E-state index contributed by atoms with van der Waals surface area (Å²) in [6.45, 7) is 2.37. The Balaban J connectivity index is 1.37. The maximum absolute atomic E-state index is 13.3. The van der Waals surface area contributed by atoms with Crippen molar-refractivity contribution in [2.24, 2.45) is 0 Å². The van der Waals surface area contributed by atoms with Gasteiger partial charge in [0.2, 0.25) is 11.8 Å². The standard InChI is InChI=1S/C28H33N3O4/c1-20(26(33)29-22-12-5-6-13-22)30(19-17-21-10-3-2-4-11-21)25(32)16-9-18-31-27(34)23-14-7-8-15-24(23)28(31)35/h2-4,7-8,10-11,14-15,20,22H,5-6,9,12-13,16-19H2,1H3,(H,29,33)/t20-/m1/s1. The van der Waals surface area contributed by atoms with Crippen LogP contribution in [0.15, 0.2) is 54.6 Å². The van der Waals surface area contributed by atoms with Gasteiger partial charge in [-0.25, -0.2) is 0 Å². The zero-order valence-electron chi connectivity index (χ0n) is 20.2. The smallest absolute Gasteiger partial charge is 0.261 e. The van der Waals surface area contributed by atoms with Gasteiger partial charge in [-0.05, 0) is 50.3 Å². The summed E-state index contributed by atoms with van der Waals surface area (Å²) in [7, 11) is 0. The third-order valence-corrected chi connectivity index (χ3v) is 7.00. The average Bonchev–Trinajstić information content (AvgIpc) is 3.47. The number of benzene rings is 2. The van der Waals surface area contributed by atoms with Gasteiger partial charge in [-0.15, -0.1) is 0 Å². The zero-order chi connectivity index (χ0) is 24.8.